The molecular weight excluding hydrogens is 612 g/mol. The van der Waals surface area contributed by atoms with Gasteiger partial charge in [0.05, 0.1) is 51.0 Å². The number of nitrogens with zero attached hydrogens (tertiary/aromatic N) is 4. The van der Waals surface area contributed by atoms with Gasteiger partial charge in [0.15, 0.2) is 11.0 Å². The fourth-order valence-electron chi connectivity index (χ4n) is 4.93. The first kappa shape index (κ1) is 31.0. The number of carbonyl (C=O) groups is 2. The molecule has 1 aliphatic heterocycles. The number of fused-ring (bicyclic) bond motifs is 2. The zero-order chi connectivity index (χ0) is 29.8. The van der Waals surface area contributed by atoms with Crippen LogP contribution >= 0.6 is 46.4 Å². The van der Waals surface area contributed by atoms with E-state index in [9.17, 15) is 14.7 Å². The van der Waals surface area contributed by atoms with E-state index >= 15 is 0 Å². The molecule has 1 aliphatic rings. The summed E-state index contributed by atoms with van der Waals surface area (Å²) in [5.41, 5.74) is 6.52. The van der Waals surface area contributed by atoms with Crippen LogP contribution in [0.2, 0.25) is 20.1 Å². The fourth-order valence-corrected chi connectivity index (χ4v) is 5.56. The molecular formula is C28H30Cl4N5O4+. The summed E-state index contributed by atoms with van der Waals surface area (Å²) in [5, 5.41) is 21.8. The molecule has 0 unspecified atom stereocenters. The van der Waals surface area contributed by atoms with Crippen molar-refractivity contribution in [3.05, 3.63) is 68.2 Å². The van der Waals surface area contributed by atoms with E-state index < -0.39 is 11.9 Å². The minimum Gasteiger partial charge on any atom is -0.481 e. The predicted octanol–water partition coefficient (Wildman–Crippen LogP) is 6.61. The minimum atomic E-state index is -0.913. The molecule has 9 nitrogen and oxygen atoms in total. The SMILES string of the molecule is CCN1C(=CC=Cc2n(CC)c3cc(Cl)c(Cl)cc3[n+]2CCCC(=O)O)N(NCCC(=O)O)c2cc(Cl)c(Cl)cc21. The Labute approximate surface area is 257 Å². The molecule has 0 saturated carbocycles. The van der Waals surface area contributed by atoms with E-state index in [1.165, 1.54) is 0 Å². The van der Waals surface area contributed by atoms with Gasteiger partial charge in [-0.2, -0.15) is 0 Å². The highest BCUT2D eigenvalue weighted by Crippen LogP contribution is 2.44. The summed E-state index contributed by atoms with van der Waals surface area (Å²) in [4.78, 5) is 24.4. The lowest BCUT2D eigenvalue weighted by Gasteiger charge is -2.24. The number of halogens is 4. The number of hydrazine groups is 1. The number of carboxylic acid groups (broad SMARTS) is 2. The number of rotatable bonds is 12. The molecule has 0 radical (unpaired) electrons. The van der Waals surface area contributed by atoms with E-state index in [4.69, 9.17) is 51.5 Å². The van der Waals surface area contributed by atoms with Gasteiger partial charge in [0.2, 0.25) is 0 Å². The summed E-state index contributed by atoms with van der Waals surface area (Å²) < 4.78 is 4.14. The molecule has 2 heterocycles. The van der Waals surface area contributed by atoms with Gasteiger partial charge in [-0.15, -0.1) is 0 Å². The zero-order valence-electron chi connectivity index (χ0n) is 22.5. The van der Waals surface area contributed by atoms with Crippen molar-refractivity contribution in [2.75, 3.05) is 23.0 Å². The van der Waals surface area contributed by atoms with Crippen molar-refractivity contribution in [2.45, 2.75) is 46.2 Å². The van der Waals surface area contributed by atoms with Gasteiger partial charge in [-0.25, -0.2) is 14.6 Å². The first-order valence-corrected chi connectivity index (χ1v) is 14.6. The summed E-state index contributed by atoms with van der Waals surface area (Å²) in [7, 11) is 0. The van der Waals surface area contributed by atoms with Crippen molar-refractivity contribution in [3.63, 3.8) is 0 Å². The molecule has 0 fully saturated rings. The van der Waals surface area contributed by atoms with Crippen molar-refractivity contribution in [1.82, 2.24) is 9.99 Å². The lowest BCUT2D eigenvalue weighted by atomic mass is 10.2. The van der Waals surface area contributed by atoms with Crippen LogP contribution in [0.3, 0.4) is 0 Å². The standard InChI is InChI=1S/C28H29Cl4N5O4/c1-3-34-21-13-17(29)18(30)14-22(21)36(12-6-9-27(38)39)25(34)7-5-8-26-35(4-2)23-15-19(31)20(32)16-24(23)37(26)33-11-10-28(40)41/h5,7-8,13-16,33H,3-4,6,9-12H2,1-2H3,(H-,38,39,40,41)/p+1. The van der Waals surface area contributed by atoms with Crippen LogP contribution in [-0.2, 0) is 22.7 Å². The molecule has 0 bridgehead atoms. The average Bonchev–Trinajstić information content (AvgIpc) is 3.34. The summed E-state index contributed by atoms with van der Waals surface area (Å²) >= 11 is 25.4. The maximum atomic E-state index is 11.2. The molecule has 3 N–H and O–H groups in total. The Morgan fingerprint density at radius 1 is 0.902 bits per heavy atom. The van der Waals surface area contributed by atoms with Gasteiger partial charge in [0.25, 0.3) is 5.82 Å². The minimum absolute atomic E-state index is 0.0339. The number of aromatic nitrogens is 2. The molecule has 3 aromatic rings. The van der Waals surface area contributed by atoms with Crippen LogP contribution in [0.5, 0.6) is 0 Å². The van der Waals surface area contributed by atoms with Gasteiger partial charge in [0.1, 0.15) is 5.82 Å². The van der Waals surface area contributed by atoms with Gasteiger partial charge < -0.3 is 15.1 Å². The van der Waals surface area contributed by atoms with Crippen LogP contribution in [0, 0.1) is 0 Å². The third kappa shape index (κ3) is 6.60. The number of aliphatic carboxylic acids is 2. The Bertz CT molecular complexity index is 1550. The predicted molar refractivity (Wildman–Crippen MR) is 164 cm³/mol. The average molecular weight is 642 g/mol. The molecule has 0 atom stereocenters. The van der Waals surface area contributed by atoms with Crippen molar-refractivity contribution < 1.29 is 24.4 Å². The summed E-state index contributed by atoms with van der Waals surface area (Å²) in [5.74, 6) is -0.170. The Balaban J connectivity index is 1.79. The highest BCUT2D eigenvalue weighted by atomic mass is 35.5. The molecule has 41 heavy (non-hydrogen) atoms. The maximum Gasteiger partial charge on any atom is 0.304 e. The molecule has 4 rings (SSSR count). The van der Waals surface area contributed by atoms with Crippen LogP contribution < -0.4 is 19.9 Å². The van der Waals surface area contributed by atoms with E-state index in [0.717, 1.165) is 34.1 Å². The number of aryl methyl sites for hydroxylation is 2. The molecule has 2 aromatic carbocycles. The number of hydrogen-bond donors (Lipinski definition) is 3. The third-order valence-electron chi connectivity index (χ3n) is 6.71. The van der Waals surface area contributed by atoms with Gasteiger partial charge >= 0.3 is 11.9 Å². The Morgan fingerprint density at radius 3 is 2.17 bits per heavy atom. The highest BCUT2D eigenvalue weighted by Gasteiger charge is 2.31. The topological polar surface area (TPSA) is 102 Å². The number of anilines is 2. The van der Waals surface area contributed by atoms with Crippen molar-refractivity contribution in [3.8, 4) is 0 Å². The summed E-state index contributed by atoms with van der Waals surface area (Å²) in [6.07, 6.45) is 6.17. The van der Waals surface area contributed by atoms with Crippen LogP contribution in [0.1, 0.15) is 38.9 Å². The Kier molecular flexibility index (Phi) is 10.1. The number of nitrogens with one attached hydrogen (secondary N) is 1. The summed E-state index contributed by atoms with van der Waals surface area (Å²) in [6, 6.07) is 7.16. The van der Waals surface area contributed by atoms with E-state index in [-0.39, 0.29) is 19.4 Å². The maximum absolute atomic E-state index is 11.2. The smallest absolute Gasteiger partial charge is 0.304 e. The van der Waals surface area contributed by atoms with Gasteiger partial charge in [-0.3, -0.25) is 14.6 Å². The lowest BCUT2D eigenvalue weighted by molar-refractivity contribution is -0.674. The number of hydrogen-bond acceptors (Lipinski definition) is 5. The third-order valence-corrected chi connectivity index (χ3v) is 8.16. The molecule has 218 valence electrons. The monoisotopic (exact) mass is 640 g/mol. The second-order valence-corrected chi connectivity index (χ2v) is 10.9. The first-order chi connectivity index (χ1) is 19.6. The van der Waals surface area contributed by atoms with E-state index in [1.807, 2.05) is 52.6 Å². The second kappa shape index (κ2) is 13.4. The van der Waals surface area contributed by atoms with Crippen LogP contribution in [0.4, 0.5) is 11.4 Å². The normalized spacial score (nSPS) is 14.1. The number of benzene rings is 2. The number of carboxylic acids is 2. The lowest BCUT2D eigenvalue weighted by Crippen LogP contribution is -2.40. The second-order valence-electron chi connectivity index (χ2n) is 9.28. The highest BCUT2D eigenvalue weighted by molar-refractivity contribution is 6.43. The quantitative estimate of drug-likeness (QED) is 0.191. The first-order valence-electron chi connectivity index (χ1n) is 13.1. The summed E-state index contributed by atoms with van der Waals surface area (Å²) in [6.45, 7) is 5.95. The molecule has 0 saturated heterocycles. The van der Waals surface area contributed by atoms with E-state index in [1.54, 1.807) is 18.2 Å². The van der Waals surface area contributed by atoms with E-state index in [2.05, 4.69) is 9.99 Å². The van der Waals surface area contributed by atoms with Crippen LogP contribution in [0.15, 0.2) is 42.2 Å². The van der Waals surface area contributed by atoms with Gasteiger partial charge in [0, 0.05) is 37.7 Å². The van der Waals surface area contributed by atoms with Crippen molar-refractivity contribution in [1.29, 1.82) is 0 Å². The zero-order valence-corrected chi connectivity index (χ0v) is 25.5. The van der Waals surface area contributed by atoms with Crippen molar-refractivity contribution in [2.24, 2.45) is 0 Å². The Morgan fingerprint density at radius 2 is 1.54 bits per heavy atom. The van der Waals surface area contributed by atoms with Crippen LogP contribution in [0.25, 0.3) is 17.1 Å². The van der Waals surface area contributed by atoms with Gasteiger partial charge in [-0.1, -0.05) is 52.5 Å². The Hall–Kier alpha value is -2.95. The van der Waals surface area contributed by atoms with Crippen LogP contribution in [-0.4, -0.2) is 39.8 Å². The molecule has 0 aliphatic carbocycles. The fraction of sp³-hybridized carbons (Fsp3) is 0.321. The number of allylic oxidation sites excluding steroid dienone is 2. The molecule has 0 amide bonds. The van der Waals surface area contributed by atoms with E-state index in [0.29, 0.717) is 46.1 Å². The molecule has 13 heteroatoms. The van der Waals surface area contributed by atoms with Gasteiger partial charge in [-0.05, 0) is 38.5 Å². The largest absolute Gasteiger partial charge is 0.481 e. The number of imidazole rings is 1. The molecule has 0 spiro atoms. The molecule has 1 aromatic heterocycles. The van der Waals surface area contributed by atoms with Crippen molar-refractivity contribution >= 4 is 86.8 Å².